The summed E-state index contributed by atoms with van der Waals surface area (Å²) in [7, 11) is 0. The SMILES string of the molecule is N#Cc1c(-c2cccc([N+](=O)[O-])c2)cc(-c2ccc(Cl)cc2)nc1N. The highest BCUT2D eigenvalue weighted by molar-refractivity contribution is 6.30. The van der Waals surface area contributed by atoms with Gasteiger partial charge in [0, 0.05) is 28.3 Å². The number of anilines is 1. The number of rotatable bonds is 3. The largest absolute Gasteiger partial charge is 0.383 e. The lowest BCUT2D eigenvalue weighted by Gasteiger charge is -2.10. The number of nitro groups is 1. The lowest BCUT2D eigenvalue weighted by Crippen LogP contribution is -2.00. The molecule has 0 radical (unpaired) electrons. The van der Waals surface area contributed by atoms with Gasteiger partial charge in [0.2, 0.25) is 0 Å². The van der Waals surface area contributed by atoms with Crippen molar-refractivity contribution in [2.24, 2.45) is 0 Å². The molecule has 0 saturated heterocycles. The van der Waals surface area contributed by atoms with Gasteiger partial charge in [0.1, 0.15) is 17.5 Å². The number of halogens is 1. The second kappa shape index (κ2) is 6.59. The smallest absolute Gasteiger partial charge is 0.270 e. The molecule has 3 aromatic rings. The summed E-state index contributed by atoms with van der Waals surface area (Å²) in [6, 6.07) is 16.8. The van der Waals surface area contributed by atoms with Crippen molar-refractivity contribution in [2.45, 2.75) is 0 Å². The molecule has 0 unspecified atom stereocenters. The highest BCUT2D eigenvalue weighted by atomic mass is 35.5. The summed E-state index contributed by atoms with van der Waals surface area (Å²) in [5, 5.41) is 21.0. The summed E-state index contributed by atoms with van der Waals surface area (Å²) in [4.78, 5) is 14.8. The average Bonchev–Trinajstić information content (AvgIpc) is 2.61. The Hall–Kier alpha value is -3.43. The third kappa shape index (κ3) is 3.27. The summed E-state index contributed by atoms with van der Waals surface area (Å²) in [5.41, 5.74) is 8.39. The minimum Gasteiger partial charge on any atom is -0.383 e. The van der Waals surface area contributed by atoms with Gasteiger partial charge in [0.25, 0.3) is 5.69 Å². The van der Waals surface area contributed by atoms with Crippen molar-refractivity contribution in [3.63, 3.8) is 0 Å². The number of nitriles is 1. The summed E-state index contributed by atoms with van der Waals surface area (Å²) in [5.74, 6) is 0.0662. The molecule has 0 aliphatic rings. The maximum atomic E-state index is 11.0. The number of nitrogens with two attached hydrogens (primary N) is 1. The molecule has 0 saturated carbocycles. The first kappa shape index (κ1) is 16.4. The minimum atomic E-state index is -0.486. The number of non-ortho nitro benzene ring substituents is 1. The Morgan fingerprint density at radius 2 is 1.84 bits per heavy atom. The van der Waals surface area contributed by atoms with Crippen molar-refractivity contribution >= 4 is 23.1 Å². The Bertz CT molecular complexity index is 1010. The second-order valence-corrected chi connectivity index (χ2v) is 5.68. The van der Waals surface area contributed by atoms with Crippen molar-refractivity contribution in [3.05, 3.63) is 75.3 Å². The topological polar surface area (TPSA) is 106 Å². The van der Waals surface area contributed by atoms with E-state index in [2.05, 4.69) is 4.98 Å². The first-order valence-corrected chi connectivity index (χ1v) is 7.59. The molecule has 1 aromatic heterocycles. The van der Waals surface area contributed by atoms with Crippen molar-refractivity contribution in [3.8, 4) is 28.5 Å². The third-order valence-corrected chi connectivity index (χ3v) is 3.92. The number of pyridine rings is 1. The molecule has 1 heterocycles. The summed E-state index contributed by atoms with van der Waals surface area (Å²) < 4.78 is 0. The zero-order valence-corrected chi connectivity index (χ0v) is 13.6. The van der Waals surface area contributed by atoms with E-state index in [1.54, 1.807) is 42.5 Å². The van der Waals surface area contributed by atoms with E-state index in [1.165, 1.54) is 12.1 Å². The van der Waals surface area contributed by atoms with E-state index >= 15 is 0 Å². The first-order chi connectivity index (χ1) is 12.0. The maximum absolute atomic E-state index is 11.0. The predicted molar refractivity (Wildman–Crippen MR) is 95.9 cm³/mol. The number of aromatic nitrogens is 1. The van der Waals surface area contributed by atoms with Crippen molar-refractivity contribution in [1.29, 1.82) is 5.26 Å². The summed E-state index contributed by atoms with van der Waals surface area (Å²) >= 11 is 5.90. The minimum absolute atomic E-state index is 0.0650. The van der Waals surface area contributed by atoms with Crippen LogP contribution in [0.15, 0.2) is 54.6 Å². The van der Waals surface area contributed by atoms with Gasteiger partial charge in [0.05, 0.1) is 10.6 Å². The van der Waals surface area contributed by atoms with Gasteiger partial charge in [0.15, 0.2) is 0 Å². The van der Waals surface area contributed by atoms with Crippen molar-refractivity contribution in [1.82, 2.24) is 4.98 Å². The molecule has 122 valence electrons. The van der Waals surface area contributed by atoms with E-state index in [9.17, 15) is 15.4 Å². The molecule has 0 aliphatic heterocycles. The third-order valence-electron chi connectivity index (χ3n) is 3.67. The normalized spacial score (nSPS) is 10.2. The van der Waals surface area contributed by atoms with Crippen LogP contribution in [0.1, 0.15) is 5.56 Å². The molecule has 0 aliphatic carbocycles. The van der Waals surface area contributed by atoms with Crippen LogP contribution in [0.4, 0.5) is 11.5 Å². The first-order valence-electron chi connectivity index (χ1n) is 7.21. The van der Waals surface area contributed by atoms with Gasteiger partial charge < -0.3 is 5.73 Å². The molecular weight excluding hydrogens is 340 g/mol. The molecule has 0 atom stereocenters. The van der Waals surface area contributed by atoms with Gasteiger partial charge in [-0.05, 0) is 23.8 Å². The molecule has 0 spiro atoms. The summed E-state index contributed by atoms with van der Waals surface area (Å²) in [6.45, 7) is 0. The van der Waals surface area contributed by atoms with Crippen LogP contribution in [0.3, 0.4) is 0 Å². The number of nitrogen functional groups attached to an aromatic ring is 1. The Labute approximate surface area is 148 Å². The molecule has 0 fully saturated rings. The van der Waals surface area contributed by atoms with Crippen LogP contribution in [0.5, 0.6) is 0 Å². The average molecular weight is 351 g/mol. The van der Waals surface area contributed by atoms with Gasteiger partial charge in [-0.3, -0.25) is 10.1 Å². The van der Waals surface area contributed by atoms with Crippen molar-refractivity contribution < 1.29 is 4.92 Å². The Kier molecular flexibility index (Phi) is 4.33. The van der Waals surface area contributed by atoms with Crippen LogP contribution in [-0.4, -0.2) is 9.91 Å². The molecule has 0 bridgehead atoms. The summed E-state index contributed by atoms with van der Waals surface area (Å²) in [6.07, 6.45) is 0. The fourth-order valence-corrected chi connectivity index (χ4v) is 2.59. The molecule has 25 heavy (non-hydrogen) atoms. The molecular formula is C18H11ClN4O2. The van der Waals surface area contributed by atoms with Crippen LogP contribution in [-0.2, 0) is 0 Å². The molecule has 7 heteroatoms. The standard InChI is InChI=1S/C18H11ClN4O2/c19-13-6-4-11(5-7-13)17-9-15(16(10-20)18(21)22-17)12-2-1-3-14(8-12)23(24)25/h1-9H,(H2,21,22). The lowest BCUT2D eigenvalue weighted by atomic mass is 9.98. The number of nitro benzene ring substituents is 1. The van der Waals surface area contributed by atoms with E-state index < -0.39 is 4.92 Å². The molecule has 6 nitrogen and oxygen atoms in total. The monoisotopic (exact) mass is 350 g/mol. The second-order valence-electron chi connectivity index (χ2n) is 5.24. The Balaban J connectivity index is 2.21. The number of nitrogens with zero attached hydrogens (tertiary/aromatic N) is 3. The number of hydrogen-bond acceptors (Lipinski definition) is 5. The van der Waals surface area contributed by atoms with E-state index in [-0.39, 0.29) is 17.1 Å². The van der Waals surface area contributed by atoms with E-state index in [1.807, 2.05) is 6.07 Å². The molecule has 2 N–H and O–H groups in total. The van der Waals surface area contributed by atoms with Crippen LogP contribution in [0.2, 0.25) is 5.02 Å². The van der Waals surface area contributed by atoms with Crippen molar-refractivity contribution in [2.75, 3.05) is 5.73 Å². The van der Waals surface area contributed by atoms with Crippen LogP contribution < -0.4 is 5.73 Å². The molecule has 0 amide bonds. The van der Waals surface area contributed by atoms with E-state index in [4.69, 9.17) is 17.3 Å². The van der Waals surface area contributed by atoms with Gasteiger partial charge in [-0.2, -0.15) is 5.26 Å². The molecule has 2 aromatic carbocycles. The number of benzene rings is 2. The van der Waals surface area contributed by atoms with E-state index in [0.29, 0.717) is 21.8 Å². The zero-order valence-electron chi connectivity index (χ0n) is 12.8. The highest BCUT2D eigenvalue weighted by Gasteiger charge is 2.15. The van der Waals surface area contributed by atoms with Gasteiger partial charge in [-0.1, -0.05) is 35.9 Å². The van der Waals surface area contributed by atoms with E-state index in [0.717, 1.165) is 5.56 Å². The quantitative estimate of drug-likeness (QED) is 0.555. The lowest BCUT2D eigenvalue weighted by molar-refractivity contribution is -0.384. The fourth-order valence-electron chi connectivity index (χ4n) is 2.47. The van der Waals surface area contributed by atoms with Gasteiger partial charge in [-0.15, -0.1) is 0 Å². The van der Waals surface area contributed by atoms with Crippen LogP contribution in [0, 0.1) is 21.4 Å². The Morgan fingerprint density at radius 1 is 1.12 bits per heavy atom. The molecule has 3 rings (SSSR count). The maximum Gasteiger partial charge on any atom is 0.270 e. The fraction of sp³-hybridized carbons (Fsp3) is 0. The predicted octanol–water partition coefficient (Wildman–Crippen LogP) is 4.43. The zero-order chi connectivity index (χ0) is 18.0. The van der Waals surface area contributed by atoms with Gasteiger partial charge in [-0.25, -0.2) is 4.98 Å². The van der Waals surface area contributed by atoms with Crippen LogP contribution >= 0.6 is 11.6 Å². The number of hydrogen-bond donors (Lipinski definition) is 1. The van der Waals surface area contributed by atoms with Gasteiger partial charge >= 0.3 is 0 Å². The van der Waals surface area contributed by atoms with Crippen LogP contribution in [0.25, 0.3) is 22.4 Å². The Morgan fingerprint density at radius 3 is 2.48 bits per heavy atom. The highest BCUT2D eigenvalue weighted by Crippen LogP contribution is 2.33.